The molecule has 2 aliphatic heterocycles. The molecule has 4 heteroatoms. The topological polar surface area (TPSA) is 53.4 Å². The Morgan fingerprint density at radius 3 is 2.68 bits per heavy atom. The monoisotopic (exact) mass is 260 g/mol. The molecule has 0 aromatic carbocycles. The molecular weight excluding hydrogens is 240 g/mol. The number of hydrogen-bond donors (Lipinski definition) is 1. The van der Waals surface area contributed by atoms with Crippen LogP contribution in [0.15, 0.2) is 18.5 Å². The summed E-state index contributed by atoms with van der Waals surface area (Å²) in [5, 5.41) is 8.96. The lowest BCUT2D eigenvalue weighted by molar-refractivity contribution is -0.138. The Balaban J connectivity index is 1.80. The van der Waals surface area contributed by atoms with Crippen molar-refractivity contribution in [2.24, 2.45) is 5.92 Å². The third-order valence-corrected chi connectivity index (χ3v) is 4.56. The van der Waals surface area contributed by atoms with Gasteiger partial charge in [0.15, 0.2) is 0 Å². The van der Waals surface area contributed by atoms with Crippen molar-refractivity contribution >= 4 is 11.7 Å². The smallest absolute Gasteiger partial charge is 0.303 e. The lowest BCUT2D eigenvalue weighted by atomic mass is 9.87. The van der Waals surface area contributed by atoms with Crippen molar-refractivity contribution in [3.63, 3.8) is 0 Å². The van der Waals surface area contributed by atoms with Crippen LogP contribution in [0.5, 0.6) is 0 Å². The van der Waals surface area contributed by atoms with E-state index in [-0.39, 0.29) is 0 Å². The average molecular weight is 260 g/mol. The molecule has 2 unspecified atom stereocenters. The van der Waals surface area contributed by atoms with Gasteiger partial charge in [0.1, 0.15) is 0 Å². The van der Waals surface area contributed by atoms with Crippen LogP contribution in [-0.4, -0.2) is 28.1 Å². The Labute approximate surface area is 113 Å². The van der Waals surface area contributed by atoms with Gasteiger partial charge in [-0.1, -0.05) is 0 Å². The van der Waals surface area contributed by atoms with Gasteiger partial charge in [0.2, 0.25) is 0 Å². The number of fused-ring (bicyclic) bond motifs is 2. The van der Waals surface area contributed by atoms with Crippen LogP contribution in [0, 0.1) is 12.8 Å². The Kier molecular flexibility index (Phi) is 3.17. The molecule has 0 saturated carbocycles. The Hall–Kier alpha value is -1.58. The number of piperidine rings is 1. The summed E-state index contributed by atoms with van der Waals surface area (Å²) in [6.45, 7) is 2.10. The number of aliphatic carboxylic acids is 1. The minimum Gasteiger partial charge on any atom is -0.481 e. The molecule has 3 rings (SSSR count). The fourth-order valence-corrected chi connectivity index (χ4v) is 3.85. The molecule has 2 fully saturated rings. The number of carboxylic acids is 1. The number of aromatic nitrogens is 1. The van der Waals surface area contributed by atoms with Crippen LogP contribution in [0.3, 0.4) is 0 Å². The lowest BCUT2D eigenvalue weighted by Crippen LogP contribution is -2.43. The number of pyridine rings is 1. The second-order valence-electron chi connectivity index (χ2n) is 5.89. The van der Waals surface area contributed by atoms with Crippen molar-refractivity contribution in [1.29, 1.82) is 0 Å². The zero-order valence-electron chi connectivity index (χ0n) is 11.2. The van der Waals surface area contributed by atoms with Crippen LogP contribution in [0.1, 0.15) is 37.7 Å². The maximum atomic E-state index is 10.9. The first-order valence-corrected chi connectivity index (χ1v) is 7.06. The normalized spacial score (nSPS) is 29.5. The van der Waals surface area contributed by atoms with Gasteiger partial charge < -0.3 is 10.0 Å². The van der Waals surface area contributed by atoms with Gasteiger partial charge in [-0.25, -0.2) is 0 Å². The quantitative estimate of drug-likeness (QED) is 0.907. The van der Waals surface area contributed by atoms with Crippen molar-refractivity contribution < 1.29 is 9.90 Å². The van der Waals surface area contributed by atoms with Crippen molar-refractivity contribution in [3.8, 4) is 0 Å². The molecule has 2 aliphatic rings. The number of carboxylic acid groups (broad SMARTS) is 1. The molecule has 2 bridgehead atoms. The third-order valence-electron chi connectivity index (χ3n) is 4.56. The zero-order valence-corrected chi connectivity index (χ0v) is 11.2. The number of anilines is 1. The number of aryl methyl sites for hydroxylation is 1. The van der Waals surface area contributed by atoms with Crippen LogP contribution in [0.4, 0.5) is 5.69 Å². The maximum Gasteiger partial charge on any atom is 0.303 e. The molecule has 102 valence electrons. The molecule has 4 nitrogen and oxygen atoms in total. The lowest BCUT2D eigenvalue weighted by Gasteiger charge is -2.41. The van der Waals surface area contributed by atoms with Crippen LogP contribution in [-0.2, 0) is 4.79 Å². The molecule has 0 radical (unpaired) electrons. The van der Waals surface area contributed by atoms with E-state index in [2.05, 4.69) is 22.9 Å². The van der Waals surface area contributed by atoms with Gasteiger partial charge in [0, 0.05) is 36.6 Å². The molecule has 0 aliphatic carbocycles. The van der Waals surface area contributed by atoms with E-state index in [1.165, 1.54) is 24.1 Å². The molecule has 1 N–H and O–H groups in total. The van der Waals surface area contributed by atoms with Crippen molar-refractivity contribution in [2.45, 2.75) is 51.1 Å². The molecular formula is C15H20N2O2. The number of hydrogen-bond acceptors (Lipinski definition) is 3. The highest BCUT2D eigenvalue weighted by Gasteiger charge is 2.41. The van der Waals surface area contributed by atoms with Gasteiger partial charge in [-0.3, -0.25) is 9.78 Å². The maximum absolute atomic E-state index is 10.9. The van der Waals surface area contributed by atoms with Gasteiger partial charge in [-0.05, 0) is 50.2 Å². The second kappa shape index (κ2) is 4.83. The highest BCUT2D eigenvalue weighted by Crippen LogP contribution is 2.43. The summed E-state index contributed by atoms with van der Waals surface area (Å²) < 4.78 is 0. The Morgan fingerprint density at radius 1 is 1.42 bits per heavy atom. The van der Waals surface area contributed by atoms with E-state index in [1.54, 1.807) is 0 Å². The van der Waals surface area contributed by atoms with Crippen molar-refractivity contribution in [1.82, 2.24) is 4.98 Å². The molecule has 1 aromatic rings. The molecule has 3 heterocycles. The summed E-state index contributed by atoms with van der Waals surface area (Å²) in [6, 6.07) is 3.13. The molecule has 19 heavy (non-hydrogen) atoms. The highest BCUT2D eigenvalue weighted by atomic mass is 16.4. The molecule has 2 atom stereocenters. The fraction of sp³-hybridized carbons (Fsp3) is 0.600. The van der Waals surface area contributed by atoms with Gasteiger partial charge in [0.05, 0.1) is 0 Å². The summed E-state index contributed by atoms with van der Waals surface area (Å²) in [7, 11) is 0. The largest absolute Gasteiger partial charge is 0.481 e. The van der Waals surface area contributed by atoms with E-state index in [9.17, 15) is 4.79 Å². The van der Waals surface area contributed by atoms with Gasteiger partial charge in [-0.2, -0.15) is 0 Å². The third kappa shape index (κ3) is 2.31. The Morgan fingerprint density at radius 2 is 2.11 bits per heavy atom. The van der Waals surface area contributed by atoms with Crippen LogP contribution >= 0.6 is 0 Å². The summed E-state index contributed by atoms with van der Waals surface area (Å²) in [5.74, 6) is -0.300. The first-order valence-electron chi connectivity index (χ1n) is 7.06. The van der Waals surface area contributed by atoms with Crippen LogP contribution < -0.4 is 4.90 Å². The summed E-state index contributed by atoms with van der Waals surface area (Å²) >= 11 is 0. The predicted octanol–water partition coefficient (Wildman–Crippen LogP) is 2.61. The van der Waals surface area contributed by atoms with E-state index in [1.807, 2.05) is 12.4 Å². The summed E-state index contributed by atoms with van der Waals surface area (Å²) in [6.07, 6.45) is 8.53. The van der Waals surface area contributed by atoms with Crippen LogP contribution in [0.25, 0.3) is 0 Å². The number of nitrogens with zero attached hydrogens (tertiary/aromatic N) is 2. The van der Waals surface area contributed by atoms with Crippen molar-refractivity contribution in [3.05, 3.63) is 24.0 Å². The molecule has 2 saturated heterocycles. The van der Waals surface area contributed by atoms with Crippen LogP contribution in [0.2, 0.25) is 0 Å². The minimum absolute atomic E-state index is 0.330. The SMILES string of the molecule is Cc1cnccc1N1C2CCC1CC(CC(=O)O)C2. The molecule has 1 aromatic heterocycles. The van der Waals surface area contributed by atoms with Gasteiger partial charge >= 0.3 is 5.97 Å². The Bertz CT molecular complexity index is 475. The second-order valence-corrected chi connectivity index (χ2v) is 5.89. The molecule has 0 spiro atoms. The summed E-state index contributed by atoms with van der Waals surface area (Å²) in [4.78, 5) is 17.6. The average Bonchev–Trinajstić information content (AvgIpc) is 2.62. The summed E-state index contributed by atoms with van der Waals surface area (Å²) in [5.41, 5.74) is 2.51. The standard InChI is InChI=1S/C15H20N2O2/c1-10-9-16-5-4-14(10)17-12-2-3-13(17)7-11(6-12)8-15(18)19/h4-5,9,11-13H,2-3,6-8H2,1H3,(H,18,19). The van der Waals surface area contributed by atoms with E-state index in [0.717, 1.165) is 12.8 Å². The highest BCUT2D eigenvalue weighted by molar-refractivity contribution is 5.67. The van der Waals surface area contributed by atoms with Crippen molar-refractivity contribution in [2.75, 3.05) is 4.90 Å². The van der Waals surface area contributed by atoms with E-state index in [4.69, 9.17) is 5.11 Å². The van der Waals surface area contributed by atoms with Gasteiger partial charge in [-0.15, -0.1) is 0 Å². The number of carbonyl (C=O) groups is 1. The van der Waals surface area contributed by atoms with E-state index >= 15 is 0 Å². The number of rotatable bonds is 3. The van der Waals surface area contributed by atoms with E-state index < -0.39 is 5.97 Å². The first-order chi connectivity index (χ1) is 9.15. The zero-order chi connectivity index (χ0) is 13.4. The van der Waals surface area contributed by atoms with Gasteiger partial charge in [0.25, 0.3) is 0 Å². The first kappa shape index (κ1) is 12.5. The fourth-order valence-electron chi connectivity index (χ4n) is 3.85. The predicted molar refractivity (Wildman–Crippen MR) is 73.2 cm³/mol. The minimum atomic E-state index is -0.655. The van der Waals surface area contributed by atoms with E-state index in [0.29, 0.717) is 24.4 Å². The molecule has 0 amide bonds.